The second kappa shape index (κ2) is 5.09. The molecule has 2 heterocycles. The number of ether oxygens (including phenoxy) is 1. The van der Waals surface area contributed by atoms with E-state index in [0.29, 0.717) is 44.7 Å². The highest BCUT2D eigenvalue weighted by atomic mass is 19.1. The average Bonchev–Trinajstić information content (AvgIpc) is 2.86. The zero-order chi connectivity index (χ0) is 13.3. The summed E-state index contributed by atoms with van der Waals surface area (Å²) in [5, 5.41) is 10.6. The summed E-state index contributed by atoms with van der Waals surface area (Å²) in [4.78, 5) is 13.0. The highest BCUT2D eigenvalue weighted by molar-refractivity contribution is 5.06. The lowest BCUT2D eigenvalue weighted by Gasteiger charge is -2.24. The number of rotatable bonds is 3. The molecule has 2 rings (SSSR count). The lowest BCUT2D eigenvalue weighted by Crippen LogP contribution is -2.31. The van der Waals surface area contributed by atoms with Gasteiger partial charge < -0.3 is 14.5 Å². The van der Waals surface area contributed by atoms with Crippen molar-refractivity contribution in [2.45, 2.75) is 6.92 Å². The fourth-order valence-electron chi connectivity index (χ4n) is 2.49. The Hall–Kier alpha value is -1.37. The third kappa shape index (κ3) is 2.40. The quantitative estimate of drug-likeness (QED) is 0.428. The Morgan fingerprint density at radius 2 is 2.28 bits per heavy atom. The Labute approximate surface area is 105 Å². The molecule has 7 heteroatoms. The van der Waals surface area contributed by atoms with Crippen LogP contribution in [0.2, 0.25) is 0 Å². The molecule has 2 atom stereocenters. The van der Waals surface area contributed by atoms with Crippen LogP contribution in [0.15, 0.2) is 11.8 Å². The van der Waals surface area contributed by atoms with Gasteiger partial charge in [-0.25, -0.2) is 0 Å². The van der Waals surface area contributed by atoms with Gasteiger partial charge >= 0.3 is 5.95 Å². The number of hydrogen-bond acceptors (Lipinski definition) is 5. The molecule has 2 fully saturated rings. The fourth-order valence-corrected chi connectivity index (χ4v) is 2.49. The summed E-state index contributed by atoms with van der Waals surface area (Å²) in [6.45, 7) is 5.29. The summed E-state index contributed by atoms with van der Waals surface area (Å²) in [5.41, 5.74) is 0. The monoisotopic (exact) mass is 259 g/mol. The molecule has 0 amide bonds. The van der Waals surface area contributed by atoms with Gasteiger partial charge in [0.05, 0.1) is 11.5 Å². The Bertz CT molecular complexity index is 375. The minimum absolute atomic E-state index is 0.0964. The fraction of sp³-hybridized carbons (Fsp3) is 0.818. The highest BCUT2D eigenvalue weighted by Crippen LogP contribution is 2.27. The summed E-state index contributed by atoms with van der Waals surface area (Å²) in [6.07, 6.45) is 0. The van der Waals surface area contributed by atoms with Gasteiger partial charge in [0.2, 0.25) is 5.82 Å². The predicted molar refractivity (Wildman–Crippen MR) is 62.8 cm³/mol. The molecule has 2 unspecified atom stereocenters. The van der Waals surface area contributed by atoms with Gasteiger partial charge in [-0.2, -0.15) is 0 Å². The van der Waals surface area contributed by atoms with Crippen molar-refractivity contribution >= 4 is 0 Å². The average molecular weight is 259 g/mol. The molecule has 2 aliphatic rings. The molecule has 0 aromatic heterocycles. The number of halogens is 1. The lowest BCUT2D eigenvalue weighted by molar-refractivity contribution is -0.450. The van der Waals surface area contributed by atoms with Gasteiger partial charge in [-0.1, -0.05) is 6.92 Å². The molecule has 6 nitrogen and oxygen atoms in total. The topological polar surface area (TPSA) is 58.8 Å². The van der Waals surface area contributed by atoms with Crippen LogP contribution in [-0.4, -0.2) is 54.6 Å². The Morgan fingerprint density at radius 3 is 2.83 bits per heavy atom. The summed E-state index contributed by atoms with van der Waals surface area (Å²) in [6, 6.07) is 0. The molecule has 0 bridgehead atoms. The van der Waals surface area contributed by atoms with Gasteiger partial charge in [-0.3, -0.25) is 10.1 Å². The van der Waals surface area contributed by atoms with Crippen LogP contribution in [-0.2, 0) is 4.74 Å². The summed E-state index contributed by atoms with van der Waals surface area (Å²) in [7, 11) is 1.67. The minimum atomic E-state index is -1.26. The standard InChI is InChI=1S/C11H18FN3O3/c1-8-6-18-7-9(8)5-14-4-3-13(2)11(14)10(12)15(16)17/h8-9H,3-7H2,1-2H3. The van der Waals surface area contributed by atoms with E-state index in [9.17, 15) is 14.5 Å². The lowest BCUT2D eigenvalue weighted by atomic mass is 9.98. The van der Waals surface area contributed by atoms with Crippen molar-refractivity contribution in [1.29, 1.82) is 0 Å². The van der Waals surface area contributed by atoms with Gasteiger partial charge in [0.15, 0.2) is 0 Å². The molecule has 2 aliphatic heterocycles. The molecule has 0 radical (unpaired) electrons. The van der Waals surface area contributed by atoms with Crippen molar-refractivity contribution < 1.29 is 14.1 Å². The Kier molecular flexibility index (Phi) is 3.70. The van der Waals surface area contributed by atoms with Crippen molar-refractivity contribution in [2.75, 3.05) is 39.9 Å². The largest absolute Gasteiger partial charge is 0.460 e. The van der Waals surface area contributed by atoms with Crippen LogP contribution < -0.4 is 0 Å². The predicted octanol–water partition coefficient (Wildman–Crippen LogP) is 0.889. The Morgan fingerprint density at radius 1 is 1.56 bits per heavy atom. The molecular formula is C11H18FN3O3. The number of likely N-dealkylation sites (N-methyl/N-ethyl adjacent to an activating group) is 1. The second-order valence-electron chi connectivity index (χ2n) is 5.01. The van der Waals surface area contributed by atoms with E-state index in [0.717, 1.165) is 0 Å². The molecule has 18 heavy (non-hydrogen) atoms. The van der Waals surface area contributed by atoms with E-state index in [1.807, 2.05) is 0 Å². The second-order valence-corrected chi connectivity index (χ2v) is 5.01. The van der Waals surface area contributed by atoms with Crippen LogP contribution in [0.4, 0.5) is 4.39 Å². The number of nitro groups is 1. The molecular weight excluding hydrogens is 241 g/mol. The zero-order valence-corrected chi connectivity index (χ0v) is 10.6. The van der Waals surface area contributed by atoms with Crippen molar-refractivity contribution in [3.63, 3.8) is 0 Å². The zero-order valence-electron chi connectivity index (χ0n) is 10.6. The van der Waals surface area contributed by atoms with Gasteiger partial charge in [-0.15, -0.1) is 4.39 Å². The van der Waals surface area contributed by atoms with E-state index in [1.165, 1.54) is 0 Å². The number of nitrogens with zero attached hydrogens (tertiary/aromatic N) is 3. The summed E-state index contributed by atoms with van der Waals surface area (Å²) in [5.74, 6) is -0.442. The van der Waals surface area contributed by atoms with Crippen LogP contribution in [0.5, 0.6) is 0 Å². The SMILES string of the molecule is CC1COCC1CN1CCN(C)C1=C(F)[N+](=O)[O-]. The van der Waals surface area contributed by atoms with Crippen molar-refractivity contribution in [2.24, 2.45) is 11.8 Å². The maximum Gasteiger partial charge on any atom is 0.460 e. The Balaban J connectivity index is 2.12. The molecule has 2 saturated heterocycles. The van der Waals surface area contributed by atoms with Gasteiger partial charge in [0.1, 0.15) is 0 Å². The maximum atomic E-state index is 13.6. The van der Waals surface area contributed by atoms with Crippen molar-refractivity contribution in [1.82, 2.24) is 9.80 Å². The maximum absolute atomic E-state index is 13.6. The van der Waals surface area contributed by atoms with E-state index < -0.39 is 10.9 Å². The van der Waals surface area contributed by atoms with E-state index in [1.54, 1.807) is 16.8 Å². The first-order valence-corrected chi connectivity index (χ1v) is 6.08. The number of hydrogen-bond donors (Lipinski definition) is 0. The summed E-state index contributed by atoms with van der Waals surface area (Å²) >= 11 is 0. The van der Waals surface area contributed by atoms with E-state index in [-0.39, 0.29) is 5.82 Å². The first-order chi connectivity index (χ1) is 8.50. The molecule has 0 saturated carbocycles. The van der Waals surface area contributed by atoms with Crippen molar-refractivity contribution in [3.8, 4) is 0 Å². The van der Waals surface area contributed by atoms with Gasteiger partial charge in [0.25, 0.3) is 0 Å². The molecule has 0 aromatic rings. The van der Waals surface area contributed by atoms with Crippen LogP contribution in [0.25, 0.3) is 0 Å². The van der Waals surface area contributed by atoms with E-state index in [4.69, 9.17) is 4.74 Å². The smallest absolute Gasteiger partial charge is 0.381 e. The third-order valence-electron chi connectivity index (χ3n) is 3.68. The molecule has 0 aliphatic carbocycles. The van der Waals surface area contributed by atoms with E-state index in [2.05, 4.69) is 6.92 Å². The first kappa shape index (κ1) is 13.1. The summed E-state index contributed by atoms with van der Waals surface area (Å²) < 4.78 is 18.9. The first-order valence-electron chi connectivity index (χ1n) is 6.08. The van der Waals surface area contributed by atoms with Crippen LogP contribution in [0, 0.1) is 22.0 Å². The highest BCUT2D eigenvalue weighted by Gasteiger charge is 2.35. The van der Waals surface area contributed by atoms with Gasteiger partial charge in [-0.05, 0) is 5.92 Å². The molecule has 0 N–H and O–H groups in total. The molecule has 0 spiro atoms. The van der Waals surface area contributed by atoms with Crippen molar-refractivity contribution in [3.05, 3.63) is 21.9 Å². The molecule has 102 valence electrons. The van der Waals surface area contributed by atoms with Crippen LogP contribution >= 0.6 is 0 Å². The minimum Gasteiger partial charge on any atom is -0.381 e. The van der Waals surface area contributed by atoms with Gasteiger partial charge in [0, 0.05) is 39.2 Å². The molecule has 0 aromatic carbocycles. The third-order valence-corrected chi connectivity index (χ3v) is 3.68. The normalized spacial score (nSPS) is 31.1. The van der Waals surface area contributed by atoms with Crippen LogP contribution in [0.3, 0.4) is 0 Å². The van der Waals surface area contributed by atoms with E-state index >= 15 is 0 Å². The van der Waals surface area contributed by atoms with Crippen LogP contribution in [0.1, 0.15) is 6.92 Å².